The fraction of sp³-hybridized carbons (Fsp3) is 0.222. The number of halogens is 3. The Morgan fingerprint density at radius 1 is 1.38 bits per heavy atom. The molecule has 0 saturated heterocycles. The summed E-state index contributed by atoms with van der Waals surface area (Å²) in [5, 5.41) is 17.9. The average Bonchev–Trinajstić information content (AvgIpc) is 2.07. The van der Waals surface area contributed by atoms with E-state index in [4.69, 9.17) is 5.11 Å². The lowest BCUT2D eigenvalue weighted by molar-refractivity contribution is -0.274. The van der Waals surface area contributed by atoms with Gasteiger partial charge in [0.25, 0.3) is 0 Å². The van der Waals surface area contributed by atoms with Crippen LogP contribution in [0.15, 0.2) is 12.1 Å². The molecule has 0 bridgehead atoms. The van der Waals surface area contributed by atoms with Gasteiger partial charge < -0.3 is 14.9 Å². The number of aryl methyl sites for hydroxylation is 1. The van der Waals surface area contributed by atoms with E-state index in [-0.39, 0.29) is 5.56 Å². The average molecular weight is 236 g/mol. The van der Waals surface area contributed by atoms with Gasteiger partial charge in [-0.05, 0) is 24.6 Å². The Morgan fingerprint density at radius 3 is 2.38 bits per heavy atom. The molecule has 4 nitrogen and oxygen atoms in total. The van der Waals surface area contributed by atoms with E-state index < -0.39 is 29.4 Å². The van der Waals surface area contributed by atoms with Crippen molar-refractivity contribution in [1.82, 2.24) is 0 Å². The second kappa shape index (κ2) is 3.92. The predicted molar refractivity (Wildman–Crippen MR) is 46.5 cm³/mol. The molecule has 0 radical (unpaired) electrons. The number of carboxylic acids is 1. The van der Waals surface area contributed by atoms with Gasteiger partial charge in [-0.3, -0.25) is 0 Å². The van der Waals surface area contributed by atoms with Crippen molar-refractivity contribution < 1.29 is 32.9 Å². The van der Waals surface area contributed by atoms with Gasteiger partial charge in [-0.1, -0.05) is 0 Å². The molecule has 0 aliphatic carbocycles. The van der Waals surface area contributed by atoms with Gasteiger partial charge in [-0.2, -0.15) is 0 Å². The molecule has 0 saturated carbocycles. The minimum absolute atomic E-state index is 0.0147. The van der Waals surface area contributed by atoms with Gasteiger partial charge in [-0.15, -0.1) is 13.2 Å². The maximum atomic E-state index is 11.9. The number of aromatic carboxylic acids is 1. The summed E-state index contributed by atoms with van der Waals surface area (Å²) in [6.07, 6.45) is -4.90. The van der Waals surface area contributed by atoms with Crippen LogP contribution in [0.3, 0.4) is 0 Å². The fourth-order valence-corrected chi connectivity index (χ4v) is 1.10. The Bertz CT molecular complexity index is 425. The zero-order chi connectivity index (χ0) is 12.5. The Kier molecular flexibility index (Phi) is 2.97. The molecule has 88 valence electrons. The summed E-state index contributed by atoms with van der Waals surface area (Å²) in [5.41, 5.74) is -0.654. The summed E-state index contributed by atoms with van der Waals surface area (Å²) in [6, 6.07) is 1.51. The molecular weight excluding hydrogens is 229 g/mol. The minimum Gasteiger partial charge on any atom is -0.507 e. The molecule has 0 unspecified atom stereocenters. The van der Waals surface area contributed by atoms with E-state index >= 15 is 0 Å². The van der Waals surface area contributed by atoms with Crippen LogP contribution in [0, 0.1) is 6.92 Å². The van der Waals surface area contributed by atoms with Gasteiger partial charge in [-0.25, -0.2) is 4.79 Å². The lowest BCUT2D eigenvalue weighted by Crippen LogP contribution is -2.17. The fourth-order valence-electron chi connectivity index (χ4n) is 1.10. The van der Waals surface area contributed by atoms with Crippen LogP contribution in [-0.4, -0.2) is 22.5 Å². The van der Waals surface area contributed by atoms with Crippen molar-refractivity contribution >= 4 is 5.97 Å². The highest BCUT2D eigenvalue weighted by atomic mass is 19.4. The first-order valence-corrected chi connectivity index (χ1v) is 4.03. The zero-order valence-electron chi connectivity index (χ0n) is 8.00. The van der Waals surface area contributed by atoms with Crippen molar-refractivity contribution in [3.63, 3.8) is 0 Å². The smallest absolute Gasteiger partial charge is 0.507 e. The number of phenols is 1. The molecule has 7 heteroatoms. The molecule has 1 aromatic rings. The van der Waals surface area contributed by atoms with Crippen LogP contribution < -0.4 is 4.74 Å². The third-order valence-corrected chi connectivity index (χ3v) is 1.74. The molecule has 0 heterocycles. The van der Waals surface area contributed by atoms with Gasteiger partial charge in [0.2, 0.25) is 0 Å². The van der Waals surface area contributed by atoms with Gasteiger partial charge in [0, 0.05) is 0 Å². The molecule has 1 rings (SSSR count). The molecule has 0 fully saturated rings. The van der Waals surface area contributed by atoms with E-state index in [0.717, 1.165) is 6.07 Å². The van der Waals surface area contributed by atoms with Crippen molar-refractivity contribution in [2.75, 3.05) is 0 Å². The topological polar surface area (TPSA) is 66.8 Å². The molecule has 16 heavy (non-hydrogen) atoms. The van der Waals surface area contributed by atoms with Gasteiger partial charge in [0.15, 0.2) is 0 Å². The third kappa shape index (κ3) is 2.78. The first-order chi connectivity index (χ1) is 7.20. The number of ether oxygens (including phenoxy) is 1. The highest BCUT2D eigenvalue weighted by molar-refractivity contribution is 5.91. The minimum atomic E-state index is -4.90. The molecule has 1 aromatic carbocycles. The molecule has 0 spiro atoms. The summed E-state index contributed by atoms with van der Waals surface area (Å²) in [5.74, 6) is -2.80. The number of rotatable bonds is 2. The Balaban J connectivity index is 3.19. The maximum absolute atomic E-state index is 11.9. The van der Waals surface area contributed by atoms with E-state index in [0.29, 0.717) is 6.07 Å². The summed E-state index contributed by atoms with van der Waals surface area (Å²) in [6.45, 7) is 1.27. The number of alkyl halides is 3. The highest BCUT2D eigenvalue weighted by Gasteiger charge is 2.31. The Morgan fingerprint density at radius 2 is 1.94 bits per heavy atom. The Labute approximate surface area is 87.9 Å². The Hall–Kier alpha value is -1.92. The van der Waals surface area contributed by atoms with E-state index in [1.54, 1.807) is 0 Å². The molecule has 2 N–H and O–H groups in total. The predicted octanol–water partition coefficient (Wildman–Crippen LogP) is 2.30. The van der Waals surface area contributed by atoms with Crippen LogP contribution in [0.1, 0.15) is 15.9 Å². The molecule has 0 amide bonds. The van der Waals surface area contributed by atoms with Crippen LogP contribution in [0.4, 0.5) is 13.2 Å². The lowest BCUT2D eigenvalue weighted by Gasteiger charge is -2.11. The van der Waals surface area contributed by atoms with Crippen molar-refractivity contribution in [3.8, 4) is 11.5 Å². The van der Waals surface area contributed by atoms with Crippen LogP contribution >= 0.6 is 0 Å². The van der Waals surface area contributed by atoms with Crippen molar-refractivity contribution in [2.45, 2.75) is 13.3 Å². The number of benzene rings is 1. The van der Waals surface area contributed by atoms with Gasteiger partial charge in [0.05, 0.1) is 0 Å². The summed E-state index contributed by atoms with van der Waals surface area (Å²) < 4.78 is 39.2. The van der Waals surface area contributed by atoms with Crippen molar-refractivity contribution in [2.24, 2.45) is 0 Å². The van der Waals surface area contributed by atoms with E-state index in [2.05, 4.69) is 4.74 Å². The van der Waals surface area contributed by atoms with Crippen molar-refractivity contribution in [3.05, 3.63) is 23.3 Å². The van der Waals surface area contributed by atoms with Crippen LogP contribution in [0.5, 0.6) is 11.5 Å². The number of hydrogen-bond acceptors (Lipinski definition) is 3. The molecular formula is C9H7F3O4. The largest absolute Gasteiger partial charge is 0.573 e. The summed E-state index contributed by atoms with van der Waals surface area (Å²) in [7, 11) is 0. The first-order valence-electron chi connectivity index (χ1n) is 4.03. The van der Waals surface area contributed by atoms with Crippen LogP contribution in [0.25, 0.3) is 0 Å². The second-order valence-electron chi connectivity index (χ2n) is 2.99. The molecule has 0 aromatic heterocycles. The lowest BCUT2D eigenvalue weighted by atomic mass is 10.1. The van der Waals surface area contributed by atoms with Crippen LogP contribution in [-0.2, 0) is 0 Å². The molecule has 0 aliphatic rings. The zero-order valence-corrected chi connectivity index (χ0v) is 8.00. The van der Waals surface area contributed by atoms with Crippen LogP contribution in [0.2, 0.25) is 0 Å². The van der Waals surface area contributed by atoms with E-state index in [1.165, 1.54) is 6.92 Å². The first kappa shape index (κ1) is 12.2. The van der Waals surface area contributed by atoms with E-state index in [1.807, 2.05) is 0 Å². The number of carboxylic acid groups (broad SMARTS) is 1. The normalized spacial score (nSPS) is 11.2. The summed E-state index contributed by atoms with van der Waals surface area (Å²) >= 11 is 0. The number of carbonyl (C=O) groups is 1. The molecule has 0 aliphatic heterocycles. The second-order valence-corrected chi connectivity index (χ2v) is 2.99. The van der Waals surface area contributed by atoms with E-state index in [9.17, 15) is 23.1 Å². The molecule has 0 atom stereocenters. The SMILES string of the molecule is Cc1cc(OC(F)(F)F)cc(C(=O)O)c1O. The summed E-state index contributed by atoms with van der Waals surface area (Å²) in [4.78, 5) is 10.6. The number of aromatic hydroxyl groups is 1. The van der Waals surface area contributed by atoms with Crippen molar-refractivity contribution in [1.29, 1.82) is 0 Å². The highest BCUT2D eigenvalue weighted by Crippen LogP contribution is 2.30. The maximum Gasteiger partial charge on any atom is 0.573 e. The monoisotopic (exact) mass is 236 g/mol. The van der Waals surface area contributed by atoms with Gasteiger partial charge >= 0.3 is 12.3 Å². The standard InChI is InChI=1S/C9H7F3O4/c1-4-2-5(16-9(10,11)12)3-6(7(4)13)8(14)15/h2-3,13H,1H3,(H,14,15). The third-order valence-electron chi connectivity index (χ3n) is 1.74. The number of hydrogen-bond donors (Lipinski definition) is 2. The quantitative estimate of drug-likeness (QED) is 0.826. The van der Waals surface area contributed by atoms with Gasteiger partial charge in [0.1, 0.15) is 17.1 Å².